The zero-order chi connectivity index (χ0) is 30.5. The van der Waals surface area contributed by atoms with Gasteiger partial charge in [-0.1, -0.05) is 117 Å². The lowest BCUT2D eigenvalue weighted by Crippen LogP contribution is -2.14. The minimum atomic E-state index is -0.102. The summed E-state index contributed by atoms with van der Waals surface area (Å²) in [6.07, 6.45) is 0. The Balaban J connectivity index is 1.29. The van der Waals surface area contributed by atoms with E-state index in [4.69, 9.17) is 9.97 Å². The Hall–Kier alpha value is -5.85. The highest BCUT2D eigenvalue weighted by Crippen LogP contribution is 2.53. The van der Waals surface area contributed by atoms with E-state index < -0.39 is 0 Å². The van der Waals surface area contributed by atoms with Crippen LogP contribution in [0.5, 0.6) is 0 Å². The van der Waals surface area contributed by atoms with E-state index in [1.54, 1.807) is 0 Å². The predicted molar refractivity (Wildman–Crippen MR) is 184 cm³/mol. The minimum absolute atomic E-state index is 0.102. The van der Waals surface area contributed by atoms with E-state index in [1.165, 1.54) is 38.6 Å². The lowest BCUT2D eigenvalue weighted by atomic mass is 9.81. The van der Waals surface area contributed by atoms with Crippen molar-refractivity contribution in [3.63, 3.8) is 0 Å². The SMILES string of the molecule is CC1(C)c2cc3ccccc3cc2-c2c(-c3cccc(-c4cc(-c5ccc(C#N)cc5)nc(-c5ccccc5)n4)c3)cccc21. The van der Waals surface area contributed by atoms with Crippen LogP contribution in [0.1, 0.15) is 30.5 Å². The summed E-state index contributed by atoms with van der Waals surface area (Å²) in [5.74, 6) is 0.668. The van der Waals surface area contributed by atoms with Crippen molar-refractivity contribution in [1.82, 2.24) is 9.97 Å². The number of hydrogen-bond donors (Lipinski definition) is 0. The Bertz CT molecular complexity index is 2290. The van der Waals surface area contributed by atoms with Gasteiger partial charge in [0.25, 0.3) is 0 Å². The fraction of sp³-hybridized carbons (Fsp3) is 0.0714. The molecule has 0 bridgehead atoms. The zero-order valence-electron chi connectivity index (χ0n) is 25.1. The van der Waals surface area contributed by atoms with Gasteiger partial charge in [-0.05, 0) is 80.6 Å². The molecule has 0 amide bonds. The number of nitrogens with zero attached hydrogens (tertiary/aromatic N) is 3. The molecule has 3 heteroatoms. The van der Waals surface area contributed by atoms with E-state index in [-0.39, 0.29) is 5.41 Å². The number of nitriles is 1. The van der Waals surface area contributed by atoms with E-state index >= 15 is 0 Å². The first-order valence-corrected chi connectivity index (χ1v) is 15.2. The lowest BCUT2D eigenvalue weighted by molar-refractivity contribution is 0.661. The van der Waals surface area contributed by atoms with Crippen LogP contribution < -0.4 is 0 Å². The average Bonchev–Trinajstić information content (AvgIpc) is 3.33. The second kappa shape index (κ2) is 10.4. The van der Waals surface area contributed by atoms with E-state index in [0.717, 1.165) is 33.6 Å². The lowest BCUT2D eigenvalue weighted by Gasteiger charge is -2.22. The number of hydrogen-bond acceptors (Lipinski definition) is 3. The van der Waals surface area contributed by atoms with Crippen molar-refractivity contribution >= 4 is 10.8 Å². The van der Waals surface area contributed by atoms with Crippen molar-refractivity contribution < 1.29 is 0 Å². The average molecular weight is 576 g/mol. The third-order valence-corrected chi connectivity index (χ3v) is 9.10. The molecule has 1 aliphatic rings. The molecule has 0 aliphatic heterocycles. The fourth-order valence-corrected chi connectivity index (χ4v) is 6.73. The third-order valence-electron chi connectivity index (χ3n) is 9.10. The maximum atomic E-state index is 9.32. The van der Waals surface area contributed by atoms with Crippen LogP contribution in [0, 0.1) is 11.3 Å². The van der Waals surface area contributed by atoms with Gasteiger partial charge in [0.1, 0.15) is 0 Å². The topological polar surface area (TPSA) is 49.6 Å². The van der Waals surface area contributed by atoms with E-state index in [0.29, 0.717) is 11.4 Å². The van der Waals surface area contributed by atoms with Crippen LogP contribution in [0.2, 0.25) is 0 Å². The summed E-state index contributed by atoms with van der Waals surface area (Å²) in [4.78, 5) is 10.0. The number of aromatic nitrogens is 2. The number of fused-ring (bicyclic) bond motifs is 4. The summed E-state index contributed by atoms with van der Waals surface area (Å²) in [5, 5.41) is 11.8. The van der Waals surface area contributed by atoms with Gasteiger partial charge in [0.2, 0.25) is 0 Å². The molecule has 45 heavy (non-hydrogen) atoms. The van der Waals surface area contributed by atoms with Crippen molar-refractivity contribution in [3.8, 4) is 62.2 Å². The Morgan fingerprint density at radius 2 is 1.16 bits per heavy atom. The monoisotopic (exact) mass is 575 g/mol. The molecule has 0 atom stereocenters. The van der Waals surface area contributed by atoms with E-state index in [1.807, 2.05) is 60.7 Å². The summed E-state index contributed by atoms with van der Waals surface area (Å²) in [6, 6.07) is 50.7. The van der Waals surface area contributed by atoms with Crippen LogP contribution in [0.25, 0.3) is 66.9 Å². The summed E-state index contributed by atoms with van der Waals surface area (Å²) in [6.45, 7) is 4.67. The molecule has 6 aromatic carbocycles. The van der Waals surface area contributed by atoms with Gasteiger partial charge in [-0.2, -0.15) is 5.26 Å². The van der Waals surface area contributed by atoms with Gasteiger partial charge < -0.3 is 0 Å². The molecular weight excluding hydrogens is 546 g/mol. The molecule has 212 valence electrons. The van der Waals surface area contributed by atoms with Gasteiger partial charge >= 0.3 is 0 Å². The zero-order valence-corrected chi connectivity index (χ0v) is 25.1. The van der Waals surface area contributed by atoms with Crippen LogP contribution in [-0.4, -0.2) is 9.97 Å². The summed E-state index contributed by atoms with van der Waals surface area (Å²) < 4.78 is 0. The molecule has 1 heterocycles. The van der Waals surface area contributed by atoms with Gasteiger partial charge in [0.15, 0.2) is 5.82 Å². The number of benzene rings is 6. The molecule has 0 saturated carbocycles. The molecule has 3 nitrogen and oxygen atoms in total. The summed E-state index contributed by atoms with van der Waals surface area (Å²) >= 11 is 0. The smallest absolute Gasteiger partial charge is 0.160 e. The molecule has 0 saturated heterocycles. The van der Waals surface area contributed by atoms with Crippen LogP contribution >= 0.6 is 0 Å². The summed E-state index contributed by atoms with van der Waals surface area (Å²) in [7, 11) is 0. The van der Waals surface area contributed by atoms with Crippen molar-refractivity contribution in [3.05, 3.63) is 156 Å². The maximum Gasteiger partial charge on any atom is 0.160 e. The third kappa shape index (κ3) is 4.51. The fourth-order valence-electron chi connectivity index (χ4n) is 6.73. The summed E-state index contributed by atoms with van der Waals surface area (Å²) in [5.41, 5.74) is 12.8. The Labute approximate surface area is 263 Å². The molecule has 0 fully saturated rings. The second-order valence-electron chi connectivity index (χ2n) is 12.2. The molecule has 8 rings (SSSR count). The first kappa shape index (κ1) is 26.8. The Kier molecular flexibility index (Phi) is 6.18. The molecule has 0 radical (unpaired) electrons. The van der Waals surface area contributed by atoms with Gasteiger partial charge in [-0.25, -0.2) is 9.97 Å². The second-order valence-corrected chi connectivity index (χ2v) is 12.2. The van der Waals surface area contributed by atoms with Crippen LogP contribution in [0.4, 0.5) is 0 Å². The highest BCUT2D eigenvalue weighted by Gasteiger charge is 2.37. The molecule has 0 spiro atoms. The van der Waals surface area contributed by atoms with Gasteiger partial charge in [-0.15, -0.1) is 0 Å². The van der Waals surface area contributed by atoms with Gasteiger partial charge in [-0.3, -0.25) is 0 Å². The standard InChI is InChI=1S/C42H29N3/c1-42(2)36-17-9-16-34(40(36)35-23-30-12-6-7-13-31(30)24-37(35)42)32-14-8-15-33(22-32)39-25-38(28-20-18-27(26-43)19-21-28)44-41(45-39)29-10-4-3-5-11-29/h3-25H,1-2H3. The van der Waals surface area contributed by atoms with Crippen LogP contribution in [0.15, 0.2) is 140 Å². The van der Waals surface area contributed by atoms with Crippen molar-refractivity contribution in [1.29, 1.82) is 5.26 Å². The maximum absolute atomic E-state index is 9.32. The van der Waals surface area contributed by atoms with E-state index in [9.17, 15) is 5.26 Å². The quantitative estimate of drug-likeness (QED) is 0.210. The highest BCUT2D eigenvalue weighted by molar-refractivity contribution is 5.98. The van der Waals surface area contributed by atoms with Crippen molar-refractivity contribution in [2.45, 2.75) is 19.3 Å². The predicted octanol–water partition coefficient (Wildman–Crippen LogP) is 10.5. The molecular formula is C42H29N3. The molecule has 7 aromatic rings. The number of rotatable bonds is 4. The highest BCUT2D eigenvalue weighted by atomic mass is 14.9. The van der Waals surface area contributed by atoms with Crippen LogP contribution in [0.3, 0.4) is 0 Å². The molecule has 0 N–H and O–H groups in total. The van der Waals surface area contributed by atoms with E-state index in [2.05, 4.69) is 98.8 Å². The first-order chi connectivity index (χ1) is 22.0. The molecule has 1 aliphatic carbocycles. The first-order valence-electron chi connectivity index (χ1n) is 15.2. The minimum Gasteiger partial charge on any atom is -0.228 e. The Morgan fingerprint density at radius 3 is 1.91 bits per heavy atom. The molecule has 0 unspecified atom stereocenters. The molecule has 1 aromatic heterocycles. The van der Waals surface area contributed by atoms with Crippen LogP contribution in [-0.2, 0) is 5.41 Å². The van der Waals surface area contributed by atoms with Crippen molar-refractivity contribution in [2.24, 2.45) is 0 Å². The van der Waals surface area contributed by atoms with Gasteiger partial charge in [0.05, 0.1) is 23.0 Å². The largest absolute Gasteiger partial charge is 0.228 e. The van der Waals surface area contributed by atoms with Gasteiger partial charge in [0, 0.05) is 22.1 Å². The Morgan fingerprint density at radius 1 is 0.511 bits per heavy atom. The normalized spacial score (nSPS) is 12.8. The van der Waals surface area contributed by atoms with Crippen molar-refractivity contribution in [2.75, 3.05) is 0 Å².